The summed E-state index contributed by atoms with van der Waals surface area (Å²) < 4.78 is 0. The maximum atomic E-state index is 11.6. The Kier molecular flexibility index (Phi) is 6.66. The fraction of sp³-hybridized carbons (Fsp3) is 0.867. The zero-order valence-corrected chi connectivity index (χ0v) is 12.7. The first kappa shape index (κ1) is 16.3. The van der Waals surface area contributed by atoms with Gasteiger partial charge in [0.25, 0.3) is 0 Å². The number of aldehydes is 1. The van der Waals surface area contributed by atoms with Crippen LogP contribution in [0.4, 0.5) is 0 Å². The summed E-state index contributed by atoms with van der Waals surface area (Å²) in [4.78, 5) is 26.9. The predicted octanol–water partition coefficient (Wildman–Crippen LogP) is 1.73. The van der Waals surface area contributed by atoms with Gasteiger partial charge in [0.2, 0.25) is 5.78 Å². The van der Waals surface area contributed by atoms with Gasteiger partial charge in [0, 0.05) is 26.2 Å². The van der Waals surface area contributed by atoms with Crippen molar-refractivity contribution in [3.63, 3.8) is 0 Å². The van der Waals surface area contributed by atoms with Crippen molar-refractivity contribution in [1.29, 1.82) is 0 Å². The van der Waals surface area contributed by atoms with Gasteiger partial charge in [-0.05, 0) is 26.8 Å². The molecule has 0 aromatic rings. The second-order valence-corrected chi connectivity index (χ2v) is 5.93. The number of hydrogen-bond acceptors (Lipinski definition) is 4. The Morgan fingerprint density at radius 1 is 1.11 bits per heavy atom. The first-order valence-corrected chi connectivity index (χ1v) is 7.49. The molecule has 1 fully saturated rings. The topological polar surface area (TPSA) is 40.6 Å². The fourth-order valence-corrected chi connectivity index (χ4v) is 2.59. The number of nitrogens with zero attached hydrogens (tertiary/aromatic N) is 2. The van der Waals surface area contributed by atoms with Crippen molar-refractivity contribution in [1.82, 2.24) is 9.80 Å². The number of unbranched alkanes of at least 4 members (excludes halogenated alkanes) is 3. The van der Waals surface area contributed by atoms with Gasteiger partial charge in [0.15, 0.2) is 6.29 Å². The van der Waals surface area contributed by atoms with Gasteiger partial charge in [-0.1, -0.05) is 26.2 Å². The van der Waals surface area contributed by atoms with Crippen molar-refractivity contribution in [3.8, 4) is 0 Å². The summed E-state index contributed by atoms with van der Waals surface area (Å²) in [5.74, 6) is -0.316. The molecular weight excluding hydrogens is 240 g/mol. The van der Waals surface area contributed by atoms with Crippen LogP contribution in [-0.4, -0.2) is 60.1 Å². The number of carbonyl (C=O) groups is 2. The van der Waals surface area contributed by atoms with Crippen molar-refractivity contribution < 1.29 is 9.59 Å². The van der Waals surface area contributed by atoms with Crippen LogP contribution < -0.4 is 0 Å². The van der Waals surface area contributed by atoms with Gasteiger partial charge >= 0.3 is 0 Å². The quantitative estimate of drug-likeness (QED) is 0.382. The van der Waals surface area contributed by atoms with E-state index in [-0.39, 0.29) is 5.78 Å². The zero-order valence-electron chi connectivity index (χ0n) is 12.7. The molecule has 4 heteroatoms. The molecule has 0 amide bonds. The lowest BCUT2D eigenvalue weighted by Crippen LogP contribution is -2.58. The van der Waals surface area contributed by atoms with E-state index in [0.29, 0.717) is 6.29 Å². The van der Waals surface area contributed by atoms with E-state index in [0.717, 1.165) is 32.7 Å². The average molecular weight is 268 g/mol. The minimum Gasteiger partial charge on any atom is -0.301 e. The van der Waals surface area contributed by atoms with Crippen molar-refractivity contribution in [2.24, 2.45) is 0 Å². The summed E-state index contributed by atoms with van der Waals surface area (Å²) in [5, 5.41) is 0. The smallest absolute Gasteiger partial charge is 0.214 e. The van der Waals surface area contributed by atoms with E-state index >= 15 is 0 Å². The van der Waals surface area contributed by atoms with Crippen LogP contribution >= 0.6 is 0 Å². The van der Waals surface area contributed by atoms with E-state index in [2.05, 4.69) is 16.7 Å². The first-order chi connectivity index (χ1) is 9.02. The average Bonchev–Trinajstić information content (AvgIpc) is 2.43. The third-order valence-corrected chi connectivity index (χ3v) is 4.20. The molecule has 1 saturated heterocycles. The molecule has 19 heavy (non-hydrogen) atoms. The lowest BCUT2D eigenvalue weighted by Gasteiger charge is -2.42. The predicted molar refractivity (Wildman–Crippen MR) is 77.3 cm³/mol. The summed E-state index contributed by atoms with van der Waals surface area (Å²) in [6.45, 7) is 10.8. The number of Topliss-reactive ketones (excluding diaryl/α,β-unsaturated/α-hetero) is 1. The Morgan fingerprint density at radius 2 is 1.74 bits per heavy atom. The molecule has 0 saturated carbocycles. The summed E-state index contributed by atoms with van der Waals surface area (Å²) in [5.41, 5.74) is -0.643. The molecular formula is C15H28N2O2. The minimum absolute atomic E-state index is 0.316. The molecule has 4 nitrogen and oxygen atoms in total. The number of rotatable bonds is 8. The Hall–Kier alpha value is -0.740. The second-order valence-electron chi connectivity index (χ2n) is 5.93. The first-order valence-electron chi connectivity index (χ1n) is 7.49. The zero-order chi connectivity index (χ0) is 14.3. The normalized spacial score (nSPS) is 18.5. The van der Waals surface area contributed by atoms with Gasteiger partial charge in [0.05, 0.1) is 5.54 Å². The minimum atomic E-state index is -0.643. The highest BCUT2D eigenvalue weighted by molar-refractivity contribution is 6.29. The standard InChI is InChI=1S/C15H28N2O2/c1-4-5-6-7-8-16-9-11-17(12-10-16)15(2,3)14(19)13-18/h13H,4-12H2,1-3H3. The largest absolute Gasteiger partial charge is 0.301 e. The maximum absolute atomic E-state index is 11.6. The van der Waals surface area contributed by atoms with Crippen LogP contribution in [0.25, 0.3) is 0 Å². The summed E-state index contributed by atoms with van der Waals surface area (Å²) in [6, 6.07) is 0. The maximum Gasteiger partial charge on any atom is 0.214 e. The van der Waals surface area contributed by atoms with Gasteiger partial charge in [-0.2, -0.15) is 0 Å². The summed E-state index contributed by atoms with van der Waals surface area (Å²) >= 11 is 0. The van der Waals surface area contributed by atoms with Gasteiger partial charge < -0.3 is 4.90 Å². The molecule has 1 heterocycles. The van der Waals surface area contributed by atoms with E-state index in [4.69, 9.17) is 0 Å². The Morgan fingerprint density at radius 3 is 2.26 bits per heavy atom. The molecule has 0 radical (unpaired) electrons. The number of ketones is 1. The molecule has 0 atom stereocenters. The Bertz CT molecular complexity index is 295. The van der Waals surface area contributed by atoms with Crippen LogP contribution in [0.5, 0.6) is 0 Å². The molecule has 0 spiro atoms. The van der Waals surface area contributed by atoms with Crippen LogP contribution in [-0.2, 0) is 9.59 Å². The lowest BCUT2D eigenvalue weighted by atomic mass is 9.96. The van der Waals surface area contributed by atoms with Crippen molar-refractivity contribution >= 4 is 12.1 Å². The van der Waals surface area contributed by atoms with Crippen LogP contribution in [0.15, 0.2) is 0 Å². The van der Waals surface area contributed by atoms with E-state index in [9.17, 15) is 9.59 Å². The van der Waals surface area contributed by atoms with Gasteiger partial charge in [-0.15, -0.1) is 0 Å². The van der Waals surface area contributed by atoms with Crippen LogP contribution in [0.2, 0.25) is 0 Å². The molecule has 0 N–H and O–H groups in total. The van der Waals surface area contributed by atoms with Gasteiger partial charge in [-0.3, -0.25) is 14.5 Å². The van der Waals surface area contributed by atoms with Crippen LogP contribution in [0, 0.1) is 0 Å². The summed E-state index contributed by atoms with van der Waals surface area (Å²) in [7, 11) is 0. The molecule has 1 aliphatic rings. The Labute approximate surface area is 117 Å². The fourth-order valence-electron chi connectivity index (χ4n) is 2.59. The third-order valence-electron chi connectivity index (χ3n) is 4.20. The van der Waals surface area contributed by atoms with Crippen molar-refractivity contribution in [2.75, 3.05) is 32.7 Å². The molecule has 0 unspecified atom stereocenters. The molecule has 0 bridgehead atoms. The number of piperazine rings is 1. The number of hydrogen-bond donors (Lipinski definition) is 0. The molecule has 0 aromatic heterocycles. The molecule has 0 aliphatic carbocycles. The van der Waals surface area contributed by atoms with Crippen LogP contribution in [0.3, 0.4) is 0 Å². The number of carbonyl (C=O) groups excluding carboxylic acids is 2. The molecule has 110 valence electrons. The van der Waals surface area contributed by atoms with Gasteiger partial charge in [-0.25, -0.2) is 0 Å². The van der Waals surface area contributed by atoms with E-state index < -0.39 is 5.54 Å². The molecule has 1 rings (SSSR count). The highest BCUT2D eigenvalue weighted by atomic mass is 16.2. The highest BCUT2D eigenvalue weighted by Crippen LogP contribution is 2.17. The van der Waals surface area contributed by atoms with Crippen molar-refractivity contribution in [3.05, 3.63) is 0 Å². The van der Waals surface area contributed by atoms with Gasteiger partial charge in [0.1, 0.15) is 0 Å². The van der Waals surface area contributed by atoms with E-state index in [1.807, 2.05) is 13.8 Å². The molecule has 0 aromatic carbocycles. The van der Waals surface area contributed by atoms with Crippen molar-refractivity contribution in [2.45, 2.75) is 52.0 Å². The van der Waals surface area contributed by atoms with Crippen LogP contribution in [0.1, 0.15) is 46.5 Å². The summed E-state index contributed by atoms with van der Waals surface area (Å²) in [6.07, 6.45) is 5.63. The second kappa shape index (κ2) is 7.75. The highest BCUT2D eigenvalue weighted by Gasteiger charge is 2.35. The molecule has 1 aliphatic heterocycles. The van der Waals surface area contributed by atoms with E-state index in [1.165, 1.54) is 25.7 Å². The monoisotopic (exact) mass is 268 g/mol. The lowest BCUT2D eigenvalue weighted by molar-refractivity contribution is -0.138. The SMILES string of the molecule is CCCCCCN1CCN(C(C)(C)C(=O)C=O)CC1. The van der Waals surface area contributed by atoms with E-state index in [1.54, 1.807) is 0 Å². The Balaban J connectivity index is 2.32. The third kappa shape index (κ3) is 4.69.